The van der Waals surface area contributed by atoms with Crippen LogP contribution in [0.1, 0.15) is 25.8 Å². The van der Waals surface area contributed by atoms with Crippen LogP contribution in [0.3, 0.4) is 0 Å². The van der Waals surface area contributed by atoms with Crippen LogP contribution in [0, 0.1) is 5.92 Å². The molecule has 4 heteroatoms. The van der Waals surface area contributed by atoms with E-state index < -0.39 is 0 Å². The molecular weight excluding hydrogens is 228 g/mol. The molecule has 0 radical (unpaired) electrons. The third-order valence-corrected chi connectivity index (χ3v) is 2.85. The molecule has 4 nitrogen and oxygen atoms in total. The number of carbonyl (C=O) groups excluding carboxylic acids is 1. The lowest BCUT2D eigenvalue weighted by Crippen LogP contribution is -2.32. The van der Waals surface area contributed by atoms with Crippen LogP contribution in [0.25, 0.3) is 0 Å². The van der Waals surface area contributed by atoms with Gasteiger partial charge in [-0.15, -0.1) is 0 Å². The number of aliphatic hydroxyl groups is 1. The highest BCUT2D eigenvalue weighted by atomic mass is 16.3. The Balaban J connectivity index is 2.35. The van der Waals surface area contributed by atoms with Crippen LogP contribution >= 0.6 is 0 Å². The molecule has 1 atom stereocenters. The van der Waals surface area contributed by atoms with Crippen molar-refractivity contribution in [2.45, 2.75) is 26.7 Å². The first-order valence-electron chi connectivity index (χ1n) is 6.40. The summed E-state index contributed by atoms with van der Waals surface area (Å²) in [5.41, 5.74) is 2.04. The van der Waals surface area contributed by atoms with E-state index in [1.54, 1.807) is 0 Å². The average molecular weight is 250 g/mol. The zero-order valence-corrected chi connectivity index (χ0v) is 11.1. The number of carbonyl (C=O) groups is 1. The van der Waals surface area contributed by atoms with Crippen molar-refractivity contribution in [3.05, 3.63) is 29.8 Å². The van der Waals surface area contributed by atoms with Crippen LogP contribution in [0.15, 0.2) is 24.3 Å². The van der Waals surface area contributed by atoms with Crippen molar-refractivity contribution < 1.29 is 9.90 Å². The van der Waals surface area contributed by atoms with Crippen molar-refractivity contribution in [3.8, 4) is 0 Å². The molecule has 3 N–H and O–H groups in total. The van der Waals surface area contributed by atoms with E-state index in [0.717, 1.165) is 12.1 Å². The first-order chi connectivity index (χ1) is 8.65. The second kappa shape index (κ2) is 7.71. The summed E-state index contributed by atoms with van der Waals surface area (Å²) in [6, 6.07) is 7.60. The quantitative estimate of drug-likeness (QED) is 0.726. The molecule has 0 spiro atoms. The van der Waals surface area contributed by atoms with Gasteiger partial charge < -0.3 is 15.7 Å². The third-order valence-electron chi connectivity index (χ3n) is 2.85. The fraction of sp³-hybridized carbons (Fsp3) is 0.500. The summed E-state index contributed by atoms with van der Waals surface area (Å²) < 4.78 is 0. The molecule has 1 unspecified atom stereocenters. The molecule has 0 heterocycles. The molecule has 0 aliphatic rings. The second-order valence-corrected chi connectivity index (χ2v) is 4.50. The van der Waals surface area contributed by atoms with Crippen LogP contribution in [-0.2, 0) is 6.42 Å². The minimum absolute atomic E-state index is 0.156. The number of rotatable bonds is 6. The predicted molar refractivity (Wildman–Crippen MR) is 73.7 cm³/mol. The van der Waals surface area contributed by atoms with Gasteiger partial charge >= 0.3 is 6.03 Å². The van der Waals surface area contributed by atoms with Crippen molar-refractivity contribution in [1.29, 1.82) is 0 Å². The van der Waals surface area contributed by atoms with Gasteiger partial charge in [-0.05, 0) is 36.5 Å². The van der Waals surface area contributed by atoms with Gasteiger partial charge in [0.05, 0.1) is 0 Å². The summed E-state index contributed by atoms with van der Waals surface area (Å²) in [5.74, 6) is 0.281. The van der Waals surface area contributed by atoms with Gasteiger partial charge in [-0.25, -0.2) is 4.79 Å². The fourth-order valence-corrected chi connectivity index (χ4v) is 1.59. The summed E-state index contributed by atoms with van der Waals surface area (Å²) in [6.45, 7) is 4.81. The zero-order valence-electron chi connectivity index (χ0n) is 11.1. The van der Waals surface area contributed by atoms with E-state index in [0.29, 0.717) is 13.0 Å². The highest BCUT2D eigenvalue weighted by Crippen LogP contribution is 2.09. The summed E-state index contributed by atoms with van der Waals surface area (Å²) in [4.78, 5) is 11.6. The lowest BCUT2D eigenvalue weighted by molar-refractivity contribution is 0.243. The number of hydrogen-bond acceptors (Lipinski definition) is 2. The Kier molecular flexibility index (Phi) is 6.22. The molecular formula is C14H22N2O2. The lowest BCUT2D eigenvalue weighted by Gasteiger charge is -2.12. The highest BCUT2D eigenvalue weighted by molar-refractivity contribution is 5.89. The van der Waals surface area contributed by atoms with Gasteiger partial charge in [0.2, 0.25) is 0 Å². The van der Waals surface area contributed by atoms with E-state index in [1.165, 1.54) is 5.56 Å². The van der Waals surface area contributed by atoms with E-state index in [-0.39, 0.29) is 18.6 Å². The molecule has 0 bridgehead atoms. The molecule has 1 aromatic carbocycles. The Bertz CT molecular complexity index is 363. The van der Waals surface area contributed by atoms with Crippen molar-refractivity contribution in [2.24, 2.45) is 5.92 Å². The second-order valence-electron chi connectivity index (χ2n) is 4.50. The van der Waals surface area contributed by atoms with Crippen LogP contribution in [0.5, 0.6) is 0 Å². The maximum atomic E-state index is 11.6. The zero-order chi connectivity index (χ0) is 13.4. The van der Waals surface area contributed by atoms with Gasteiger partial charge in [-0.2, -0.15) is 0 Å². The Morgan fingerprint density at radius 3 is 2.56 bits per heavy atom. The molecule has 1 rings (SSSR count). The Morgan fingerprint density at radius 1 is 1.33 bits per heavy atom. The summed E-state index contributed by atoms with van der Waals surface area (Å²) in [7, 11) is 0. The van der Waals surface area contributed by atoms with Gasteiger partial charge in [0.1, 0.15) is 0 Å². The average Bonchev–Trinajstić information content (AvgIpc) is 2.38. The summed E-state index contributed by atoms with van der Waals surface area (Å²) in [6.07, 6.45) is 1.69. The number of nitrogens with one attached hydrogen (secondary N) is 2. The summed E-state index contributed by atoms with van der Waals surface area (Å²) in [5, 5.41) is 14.3. The van der Waals surface area contributed by atoms with Crippen LogP contribution < -0.4 is 10.6 Å². The molecule has 0 fully saturated rings. The molecule has 100 valence electrons. The standard InChI is InChI=1S/C14H22N2O2/c1-3-12-4-6-13(7-5-12)16-14(18)15-10-11(2)8-9-17/h4-7,11,17H,3,8-10H2,1-2H3,(H2,15,16,18). The van der Waals surface area contributed by atoms with Crippen LogP contribution in [0.2, 0.25) is 0 Å². The predicted octanol–water partition coefficient (Wildman–Crippen LogP) is 2.39. The Morgan fingerprint density at radius 2 is 2.00 bits per heavy atom. The number of anilines is 1. The highest BCUT2D eigenvalue weighted by Gasteiger charge is 2.05. The van der Waals surface area contributed by atoms with E-state index in [9.17, 15) is 4.79 Å². The van der Waals surface area contributed by atoms with Crippen LogP contribution in [-0.4, -0.2) is 24.3 Å². The smallest absolute Gasteiger partial charge is 0.319 e. The third kappa shape index (κ3) is 5.19. The fourth-order valence-electron chi connectivity index (χ4n) is 1.59. The van der Waals surface area contributed by atoms with Crippen molar-refractivity contribution in [3.63, 3.8) is 0 Å². The van der Waals surface area contributed by atoms with E-state index >= 15 is 0 Å². The molecule has 0 aromatic heterocycles. The number of aliphatic hydroxyl groups excluding tert-OH is 1. The number of aryl methyl sites for hydroxylation is 1. The maximum Gasteiger partial charge on any atom is 0.319 e. The topological polar surface area (TPSA) is 61.4 Å². The molecule has 2 amide bonds. The van der Waals surface area contributed by atoms with Gasteiger partial charge in [0.25, 0.3) is 0 Å². The normalized spacial score (nSPS) is 11.9. The molecule has 0 aliphatic carbocycles. The number of amides is 2. The largest absolute Gasteiger partial charge is 0.396 e. The first-order valence-corrected chi connectivity index (χ1v) is 6.40. The van der Waals surface area contributed by atoms with Gasteiger partial charge in [0, 0.05) is 18.8 Å². The van der Waals surface area contributed by atoms with Crippen molar-refractivity contribution in [1.82, 2.24) is 5.32 Å². The maximum absolute atomic E-state index is 11.6. The minimum atomic E-state index is -0.205. The monoisotopic (exact) mass is 250 g/mol. The van der Waals surface area contributed by atoms with Gasteiger partial charge in [-0.3, -0.25) is 0 Å². The molecule has 0 aliphatic heterocycles. The number of urea groups is 1. The summed E-state index contributed by atoms with van der Waals surface area (Å²) >= 11 is 0. The van der Waals surface area contributed by atoms with E-state index in [4.69, 9.17) is 5.11 Å². The SMILES string of the molecule is CCc1ccc(NC(=O)NCC(C)CCO)cc1. The van der Waals surface area contributed by atoms with Gasteiger partial charge in [-0.1, -0.05) is 26.0 Å². The van der Waals surface area contributed by atoms with E-state index in [1.807, 2.05) is 31.2 Å². The minimum Gasteiger partial charge on any atom is -0.396 e. The Hall–Kier alpha value is -1.55. The molecule has 0 saturated carbocycles. The lowest BCUT2D eigenvalue weighted by atomic mass is 10.1. The molecule has 1 aromatic rings. The van der Waals surface area contributed by atoms with Crippen molar-refractivity contribution >= 4 is 11.7 Å². The molecule has 0 saturated heterocycles. The first kappa shape index (κ1) is 14.5. The van der Waals surface area contributed by atoms with Gasteiger partial charge in [0.15, 0.2) is 0 Å². The van der Waals surface area contributed by atoms with Crippen molar-refractivity contribution in [2.75, 3.05) is 18.5 Å². The van der Waals surface area contributed by atoms with Crippen LogP contribution in [0.4, 0.5) is 10.5 Å². The number of hydrogen-bond donors (Lipinski definition) is 3. The number of benzene rings is 1. The molecule has 18 heavy (non-hydrogen) atoms. The Labute approximate surface area is 108 Å². The van der Waals surface area contributed by atoms with E-state index in [2.05, 4.69) is 17.6 Å².